The van der Waals surface area contributed by atoms with E-state index in [9.17, 15) is 4.79 Å². The summed E-state index contributed by atoms with van der Waals surface area (Å²) in [6, 6.07) is 0. The first-order valence-corrected chi connectivity index (χ1v) is 9.10. The molecule has 0 aliphatic carbocycles. The van der Waals surface area contributed by atoms with Gasteiger partial charge in [-0.25, -0.2) is 0 Å². The second-order valence-electron chi connectivity index (χ2n) is 7.91. The van der Waals surface area contributed by atoms with Crippen LogP contribution in [0.2, 0.25) is 0 Å². The molecule has 23 heavy (non-hydrogen) atoms. The maximum atomic E-state index is 12.3. The fraction of sp³-hybridized carbons (Fsp3) is 0.947. The quantitative estimate of drug-likeness (QED) is 0.486. The molecule has 1 amide bonds. The molecule has 0 heterocycles. The predicted molar refractivity (Wildman–Crippen MR) is 96.6 cm³/mol. The van der Waals surface area contributed by atoms with Gasteiger partial charge >= 0.3 is 0 Å². The number of amides is 1. The smallest absolute Gasteiger partial charge is 0.227 e. The Morgan fingerprint density at radius 2 is 1.57 bits per heavy atom. The fourth-order valence-corrected chi connectivity index (χ4v) is 2.09. The molecule has 0 spiro atoms. The number of nitrogens with one attached hydrogen (secondary N) is 1. The van der Waals surface area contributed by atoms with Crippen molar-refractivity contribution in [1.29, 1.82) is 0 Å². The first kappa shape index (κ1) is 22.4. The second-order valence-corrected chi connectivity index (χ2v) is 7.91. The van der Waals surface area contributed by atoms with E-state index in [1.165, 1.54) is 12.8 Å². The van der Waals surface area contributed by atoms with E-state index >= 15 is 0 Å². The summed E-state index contributed by atoms with van der Waals surface area (Å²) in [5.74, 6) is 0.0891. The van der Waals surface area contributed by atoms with Gasteiger partial charge in [0, 0.05) is 20.3 Å². The van der Waals surface area contributed by atoms with E-state index in [-0.39, 0.29) is 11.3 Å². The van der Waals surface area contributed by atoms with Crippen LogP contribution >= 0.6 is 0 Å². The van der Waals surface area contributed by atoms with E-state index in [1.807, 2.05) is 13.8 Å². The summed E-state index contributed by atoms with van der Waals surface area (Å²) in [4.78, 5) is 12.3. The standard InChI is InChI=1S/C19H39NO3/c1-7-18(2,3)15-23-16-19(4,5)17(21)20-13-11-9-8-10-12-14-22-6/h7-16H2,1-6H3,(H,20,21). The number of hydrogen-bond donors (Lipinski definition) is 1. The molecule has 0 saturated carbocycles. The Kier molecular flexibility index (Phi) is 11.5. The number of ether oxygens (including phenoxy) is 2. The highest BCUT2D eigenvalue weighted by Gasteiger charge is 2.28. The van der Waals surface area contributed by atoms with Crippen molar-refractivity contribution in [2.24, 2.45) is 10.8 Å². The summed E-state index contributed by atoms with van der Waals surface area (Å²) in [7, 11) is 1.74. The molecular formula is C19H39NO3. The highest BCUT2D eigenvalue weighted by molar-refractivity contribution is 5.81. The molecule has 0 radical (unpaired) electrons. The van der Waals surface area contributed by atoms with Gasteiger partial charge in [0.25, 0.3) is 0 Å². The van der Waals surface area contributed by atoms with Crippen LogP contribution in [0, 0.1) is 10.8 Å². The van der Waals surface area contributed by atoms with Crippen molar-refractivity contribution >= 4 is 5.91 Å². The molecule has 0 atom stereocenters. The molecule has 1 N–H and O–H groups in total. The van der Waals surface area contributed by atoms with Gasteiger partial charge in [0.15, 0.2) is 0 Å². The Hall–Kier alpha value is -0.610. The van der Waals surface area contributed by atoms with Crippen LogP contribution in [0.15, 0.2) is 0 Å². The minimum absolute atomic E-state index is 0.0891. The number of unbranched alkanes of at least 4 members (excludes halogenated alkanes) is 4. The van der Waals surface area contributed by atoms with Crippen LogP contribution in [0.5, 0.6) is 0 Å². The van der Waals surface area contributed by atoms with Gasteiger partial charge in [-0.1, -0.05) is 40.0 Å². The predicted octanol–water partition coefficient (Wildman–Crippen LogP) is 4.18. The first-order chi connectivity index (χ1) is 10.7. The maximum absolute atomic E-state index is 12.3. The maximum Gasteiger partial charge on any atom is 0.227 e. The first-order valence-electron chi connectivity index (χ1n) is 9.10. The van der Waals surface area contributed by atoms with Gasteiger partial charge in [-0.05, 0) is 38.5 Å². The van der Waals surface area contributed by atoms with Gasteiger partial charge in [-0.3, -0.25) is 4.79 Å². The van der Waals surface area contributed by atoms with Crippen LogP contribution < -0.4 is 5.32 Å². The molecular weight excluding hydrogens is 290 g/mol. The molecule has 0 aliphatic heterocycles. The van der Waals surface area contributed by atoms with E-state index in [0.717, 1.165) is 38.8 Å². The Labute approximate surface area is 143 Å². The Balaban J connectivity index is 3.78. The summed E-state index contributed by atoms with van der Waals surface area (Å²) >= 11 is 0. The molecule has 0 aromatic rings. The minimum Gasteiger partial charge on any atom is -0.385 e. The van der Waals surface area contributed by atoms with E-state index in [0.29, 0.717) is 13.2 Å². The van der Waals surface area contributed by atoms with Crippen LogP contribution in [0.25, 0.3) is 0 Å². The third-order valence-electron chi connectivity index (χ3n) is 4.34. The van der Waals surface area contributed by atoms with E-state index in [4.69, 9.17) is 9.47 Å². The molecule has 0 aromatic carbocycles. The Morgan fingerprint density at radius 3 is 2.17 bits per heavy atom. The van der Waals surface area contributed by atoms with Gasteiger partial charge in [0.1, 0.15) is 0 Å². The Morgan fingerprint density at radius 1 is 0.957 bits per heavy atom. The molecule has 0 unspecified atom stereocenters. The van der Waals surface area contributed by atoms with Crippen molar-refractivity contribution < 1.29 is 14.3 Å². The zero-order valence-corrected chi connectivity index (χ0v) is 16.3. The largest absolute Gasteiger partial charge is 0.385 e. The molecule has 0 aromatic heterocycles. The average Bonchev–Trinajstić information content (AvgIpc) is 2.49. The lowest BCUT2D eigenvalue weighted by molar-refractivity contribution is -0.133. The average molecular weight is 330 g/mol. The van der Waals surface area contributed by atoms with Crippen LogP contribution in [-0.2, 0) is 14.3 Å². The number of methoxy groups -OCH3 is 1. The lowest BCUT2D eigenvalue weighted by Gasteiger charge is -2.27. The van der Waals surface area contributed by atoms with Crippen molar-refractivity contribution in [3.8, 4) is 0 Å². The summed E-state index contributed by atoms with van der Waals surface area (Å²) in [6.45, 7) is 13.2. The van der Waals surface area contributed by atoms with Crippen molar-refractivity contribution in [3.63, 3.8) is 0 Å². The van der Waals surface area contributed by atoms with Crippen molar-refractivity contribution in [3.05, 3.63) is 0 Å². The lowest BCUT2D eigenvalue weighted by atomic mass is 9.90. The van der Waals surface area contributed by atoms with Gasteiger partial charge in [0.2, 0.25) is 5.91 Å². The summed E-state index contributed by atoms with van der Waals surface area (Å²) in [6.07, 6.45) is 6.81. The highest BCUT2D eigenvalue weighted by atomic mass is 16.5. The second kappa shape index (κ2) is 11.9. The molecule has 0 aliphatic rings. The third kappa shape index (κ3) is 11.5. The highest BCUT2D eigenvalue weighted by Crippen LogP contribution is 2.22. The summed E-state index contributed by atoms with van der Waals surface area (Å²) in [5, 5.41) is 3.04. The zero-order chi connectivity index (χ0) is 17.8. The number of carbonyl (C=O) groups excluding carboxylic acids is 1. The number of rotatable bonds is 14. The van der Waals surface area contributed by atoms with E-state index in [2.05, 4.69) is 26.1 Å². The summed E-state index contributed by atoms with van der Waals surface area (Å²) in [5.41, 5.74) is -0.294. The SMILES string of the molecule is CCC(C)(C)COCC(C)(C)C(=O)NCCCCCCCOC. The van der Waals surface area contributed by atoms with Crippen LogP contribution in [0.4, 0.5) is 0 Å². The van der Waals surface area contributed by atoms with E-state index < -0.39 is 5.41 Å². The van der Waals surface area contributed by atoms with Crippen molar-refractivity contribution in [2.75, 3.05) is 33.5 Å². The monoisotopic (exact) mass is 329 g/mol. The normalized spacial score (nSPS) is 12.4. The zero-order valence-electron chi connectivity index (χ0n) is 16.3. The number of carbonyl (C=O) groups is 1. The molecule has 0 rings (SSSR count). The van der Waals surface area contributed by atoms with Crippen LogP contribution in [0.3, 0.4) is 0 Å². The molecule has 0 fully saturated rings. The summed E-state index contributed by atoms with van der Waals surface area (Å²) < 4.78 is 10.8. The third-order valence-corrected chi connectivity index (χ3v) is 4.34. The fourth-order valence-electron chi connectivity index (χ4n) is 2.09. The van der Waals surface area contributed by atoms with Crippen LogP contribution in [-0.4, -0.2) is 39.4 Å². The van der Waals surface area contributed by atoms with E-state index in [1.54, 1.807) is 7.11 Å². The molecule has 138 valence electrons. The van der Waals surface area contributed by atoms with Gasteiger partial charge < -0.3 is 14.8 Å². The molecule has 0 bridgehead atoms. The molecule has 0 saturated heterocycles. The van der Waals surface area contributed by atoms with Gasteiger partial charge in [0.05, 0.1) is 18.6 Å². The lowest BCUT2D eigenvalue weighted by Crippen LogP contribution is -2.41. The Bertz CT molecular complexity index is 314. The van der Waals surface area contributed by atoms with Crippen molar-refractivity contribution in [2.45, 2.75) is 73.1 Å². The van der Waals surface area contributed by atoms with Gasteiger partial charge in [-0.2, -0.15) is 0 Å². The minimum atomic E-state index is -0.470. The van der Waals surface area contributed by atoms with Crippen LogP contribution in [0.1, 0.15) is 73.1 Å². The van der Waals surface area contributed by atoms with Crippen molar-refractivity contribution in [1.82, 2.24) is 5.32 Å². The molecule has 4 nitrogen and oxygen atoms in total. The number of hydrogen-bond acceptors (Lipinski definition) is 3. The van der Waals surface area contributed by atoms with Gasteiger partial charge in [-0.15, -0.1) is 0 Å². The topological polar surface area (TPSA) is 47.6 Å². The molecule has 4 heteroatoms.